The number of hydrogen-bond acceptors (Lipinski definition) is 2. The van der Waals surface area contributed by atoms with Gasteiger partial charge in [-0.2, -0.15) is 11.8 Å². The molecule has 2 rings (SSSR count). The van der Waals surface area contributed by atoms with Gasteiger partial charge in [0.05, 0.1) is 0 Å². The lowest BCUT2D eigenvalue weighted by Gasteiger charge is -2.29. The highest BCUT2D eigenvalue weighted by Crippen LogP contribution is 2.41. The standard InChI is InChI=1S/C12H23NS/c1-14-9-8-12(6-2-3-7-12)10-13-11-4-5-11/h11,13H,2-10H2,1H3. The van der Waals surface area contributed by atoms with Gasteiger partial charge in [-0.25, -0.2) is 0 Å². The Balaban J connectivity index is 1.77. The van der Waals surface area contributed by atoms with Gasteiger partial charge in [-0.3, -0.25) is 0 Å². The first-order chi connectivity index (χ1) is 6.85. The van der Waals surface area contributed by atoms with Crippen molar-refractivity contribution in [1.82, 2.24) is 5.32 Å². The van der Waals surface area contributed by atoms with E-state index >= 15 is 0 Å². The van der Waals surface area contributed by atoms with Crippen molar-refractivity contribution < 1.29 is 0 Å². The van der Waals surface area contributed by atoms with Crippen LogP contribution < -0.4 is 5.32 Å². The van der Waals surface area contributed by atoms with Crippen LogP contribution in [0.3, 0.4) is 0 Å². The monoisotopic (exact) mass is 213 g/mol. The van der Waals surface area contributed by atoms with Crippen LogP contribution in [0.25, 0.3) is 0 Å². The summed E-state index contributed by atoms with van der Waals surface area (Å²) in [5, 5.41) is 3.74. The topological polar surface area (TPSA) is 12.0 Å². The average Bonchev–Trinajstić information content (AvgIpc) is 2.93. The minimum atomic E-state index is 0.686. The number of hydrogen-bond donors (Lipinski definition) is 1. The predicted molar refractivity (Wildman–Crippen MR) is 64.9 cm³/mol. The zero-order chi connectivity index (χ0) is 9.86. The summed E-state index contributed by atoms with van der Waals surface area (Å²) >= 11 is 2.01. The number of nitrogens with one attached hydrogen (secondary N) is 1. The van der Waals surface area contributed by atoms with Crippen molar-refractivity contribution in [3.63, 3.8) is 0 Å². The molecule has 0 aliphatic heterocycles. The summed E-state index contributed by atoms with van der Waals surface area (Å²) < 4.78 is 0. The quantitative estimate of drug-likeness (QED) is 0.728. The van der Waals surface area contributed by atoms with Crippen molar-refractivity contribution in [2.75, 3.05) is 18.6 Å². The molecule has 82 valence electrons. The normalized spacial score (nSPS) is 25.5. The Morgan fingerprint density at radius 1 is 1.29 bits per heavy atom. The third-order valence-electron chi connectivity index (χ3n) is 3.84. The highest BCUT2D eigenvalue weighted by Gasteiger charge is 2.34. The van der Waals surface area contributed by atoms with Crippen molar-refractivity contribution in [3.05, 3.63) is 0 Å². The van der Waals surface area contributed by atoms with Crippen molar-refractivity contribution in [2.45, 2.75) is 51.0 Å². The van der Waals surface area contributed by atoms with Crippen LogP contribution in [0.1, 0.15) is 44.9 Å². The molecule has 0 aromatic rings. The highest BCUT2D eigenvalue weighted by molar-refractivity contribution is 7.98. The molecule has 2 aliphatic carbocycles. The van der Waals surface area contributed by atoms with E-state index in [1.165, 1.54) is 57.2 Å². The molecule has 0 radical (unpaired) electrons. The molecule has 0 amide bonds. The van der Waals surface area contributed by atoms with Crippen molar-refractivity contribution in [1.29, 1.82) is 0 Å². The summed E-state index contributed by atoms with van der Waals surface area (Å²) in [6.07, 6.45) is 12.4. The van der Waals surface area contributed by atoms with E-state index in [0.717, 1.165) is 6.04 Å². The lowest BCUT2D eigenvalue weighted by molar-refractivity contribution is 0.270. The fraction of sp³-hybridized carbons (Fsp3) is 1.00. The summed E-state index contributed by atoms with van der Waals surface area (Å²) in [4.78, 5) is 0. The molecule has 14 heavy (non-hydrogen) atoms. The zero-order valence-corrected chi connectivity index (χ0v) is 10.2. The summed E-state index contributed by atoms with van der Waals surface area (Å²) in [6, 6.07) is 0.891. The highest BCUT2D eigenvalue weighted by atomic mass is 32.2. The Morgan fingerprint density at radius 3 is 2.57 bits per heavy atom. The minimum Gasteiger partial charge on any atom is -0.313 e. The first-order valence-corrected chi connectivity index (χ1v) is 7.46. The van der Waals surface area contributed by atoms with Crippen LogP contribution in [0.5, 0.6) is 0 Å². The van der Waals surface area contributed by atoms with Crippen LogP contribution in [-0.2, 0) is 0 Å². The fourth-order valence-corrected chi connectivity index (χ4v) is 3.24. The maximum atomic E-state index is 3.74. The first-order valence-electron chi connectivity index (χ1n) is 6.07. The van der Waals surface area contributed by atoms with Gasteiger partial charge < -0.3 is 5.32 Å². The van der Waals surface area contributed by atoms with E-state index in [4.69, 9.17) is 0 Å². The van der Waals surface area contributed by atoms with E-state index in [9.17, 15) is 0 Å². The van der Waals surface area contributed by atoms with E-state index < -0.39 is 0 Å². The average molecular weight is 213 g/mol. The Hall–Kier alpha value is 0.310. The van der Waals surface area contributed by atoms with Gasteiger partial charge >= 0.3 is 0 Å². The second-order valence-electron chi connectivity index (χ2n) is 5.11. The lowest BCUT2D eigenvalue weighted by atomic mass is 9.83. The maximum absolute atomic E-state index is 3.74. The summed E-state index contributed by atoms with van der Waals surface area (Å²) in [5.41, 5.74) is 0.686. The summed E-state index contributed by atoms with van der Waals surface area (Å²) in [6.45, 7) is 1.30. The molecule has 0 aromatic carbocycles. The van der Waals surface area contributed by atoms with Gasteiger partial charge in [-0.15, -0.1) is 0 Å². The molecule has 0 bridgehead atoms. The van der Waals surface area contributed by atoms with Crippen LogP contribution in [-0.4, -0.2) is 24.6 Å². The molecule has 1 N–H and O–H groups in total. The Bertz CT molecular complexity index is 171. The van der Waals surface area contributed by atoms with Gasteiger partial charge in [0, 0.05) is 12.6 Å². The lowest BCUT2D eigenvalue weighted by Crippen LogP contribution is -2.33. The molecule has 0 heterocycles. The number of thioether (sulfide) groups is 1. The SMILES string of the molecule is CSCCC1(CNC2CC2)CCCC1. The predicted octanol–water partition coefficient (Wildman–Crippen LogP) is 3.05. The Morgan fingerprint density at radius 2 is 2.00 bits per heavy atom. The second-order valence-corrected chi connectivity index (χ2v) is 6.09. The van der Waals surface area contributed by atoms with Crippen LogP contribution in [0.4, 0.5) is 0 Å². The van der Waals surface area contributed by atoms with E-state index in [1.807, 2.05) is 11.8 Å². The maximum Gasteiger partial charge on any atom is 0.00684 e. The van der Waals surface area contributed by atoms with Crippen LogP contribution in [0, 0.1) is 5.41 Å². The first kappa shape index (κ1) is 10.8. The summed E-state index contributed by atoms with van der Waals surface area (Å²) in [5.74, 6) is 1.35. The molecule has 0 aromatic heterocycles. The van der Waals surface area contributed by atoms with Crippen molar-refractivity contribution in [2.24, 2.45) is 5.41 Å². The zero-order valence-electron chi connectivity index (χ0n) is 9.35. The van der Waals surface area contributed by atoms with E-state index in [2.05, 4.69) is 11.6 Å². The van der Waals surface area contributed by atoms with Gasteiger partial charge in [0.25, 0.3) is 0 Å². The van der Waals surface area contributed by atoms with Crippen molar-refractivity contribution in [3.8, 4) is 0 Å². The molecule has 0 unspecified atom stereocenters. The second kappa shape index (κ2) is 4.89. The minimum absolute atomic E-state index is 0.686. The van der Waals surface area contributed by atoms with Gasteiger partial charge in [-0.05, 0) is 49.5 Å². The summed E-state index contributed by atoms with van der Waals surface area (Å²) in [7, 11) is 0. The van der Waals surface area contributed by atoms with Gasteiger partial charge in [-0.1, -0.05) is 12.8 Å². The molecule has 2 fully saturated rings. The van der Waals surface area contributed by atoms with Crippen LogP contribution in [0.15, 0.2) is 0 Å². The van der Waals surface area contributed by atoms with E-state index in [1.54, 1.807) is 0 Å². The molecule has 2 aliphatic rings. The van der Waals surface area contributed by atoms with E-state index in [-0.39, 0.29) is 0 Å². The third kappa shape index (κ3) is 2.90. The molecule has 2 heteroatoms. The molecule has 0 saturated heterocycles. The number of rotatable bonds is 6. The Labute approximate surface area is 92.4 Å². The van der Waals surface area contributed by atoms with Crippen LogP contribution >= 0.6 is 11.8 Å². The van der Waals surface area contributed by atoms with E-state index in [0.29, 0.717) is 5.41 Å². The van der Waals surface area contributed by atoms with Gasteiger partial charge in [0.1, 0.15) is 0 Å². The Kier molecular flexibility index (Phi) is 3.78. The third-order valence-corrected chi connectivity index (χ3v) is 4.46. The molecule has 0 atom stereocenters. The fourth-order valence-electron chi connectivity index (χ4n) is 2.61. The molecule has 2 saturated carbocycles. The van der Waals surface area contributed by atoms with Crippen LogP contribution in [0.2, 0.25) is 0 Å². The smallest absolute Gasteiger partial charge is 0.00684 e. The van der Waals surface area contributed by atoms with Crippen molar-refractivity contribution >= 4 is 11.8 Å². The molecular formula is C12H23NS. The van der Waals surface area contributed by atoms with Gasteiger partial charge in [0.15, 0.2) is 0 Å². The largest absolute Gasteiger partial charge is 0.313 e. The molecule has 1 nitrogen and oxygen atoms in total. The van der Waals surface area contributed by atoms with Gasteiger partial charge in [0.2, 0.25) is 0 Å². The molecular weight excluding hydrogens is 190 g/mol. The molecule has 0 spiro atoms.